The van der Waals surface area contributed by atoms with E-state index in [4.69, 9.17) is 11.6 Å². The lowest BCUT2D eigenvalue weighted by Crippen LogP contribution is -2.31. The Morgan fingerprint density at radius 2 is 1.94 bits per heavy atom. The molecule has 1 N–H and O–H groups in total. The van der Waals surface area contributed by atoms with Crippen molar-refractivity contribution in [3.8, 4) is 0 Å². The fourth-order valence-corrected chi connectivity index (χ4v) is 2.01. The van der Waals surface area contributed by atoms with E-state index in [0.717, 1.165) is 6.26 Å². The zero-order valence-corrected chi connectivity index (χ0v) is 13.3. The van der Waals surface area contributed by atoms with Crippen LogP contribution in [-0.2, 0) is 14.6 Å². The van der Waals surface area contributed by atoms with Crippen molar-refractivity contribution in [1.82, 2.24) is 0 Å². The monoisotopic (exact) mass is 353 g/mol. The van der Waals surface area contributed by atoms with E-state index in [1.165, 1.54) is 18.2 Å². The van der Waals surface area contributed by atoms with Crippen LogP contribution >= 0.6 is 27.5 Å². The summed E-state index contributed by atoms with van der Waals surface area (Å²) in [6.07, 6.45) is 1.09. The number of benzene rings is 1. The molecule has 1 rings (SSSR count). The van der Waals surface area contributed by atoms with E-state index in [-0.39, 0.29) is 21.5 Å². The molecule has 1 amide bonds. The summed E-state index contributed by atoms with van der Waals surface area (Å²) in [5, 5.41) is 2.87. The molecule has 0 atom stereocenters. The summed E-state index contributed by atoms with van der Waals surface area (Å²) in [7, 11) is -3.34. The Bertz CT molecular complexity index is 578. The van der Waals surface area contributed by atoms with Gasteiger partial charge in [0.05, 0.1) is 19.9 Å². The standard InChI is InChI=1S/C11H13BrClNO3S/c1-11(2,12)10(15)14-9-6-7(18(3,16)17)4-5-8(9)13/h4-6H,1-3H3,(H,14,15). The first-order chi connectivity index (χ1) is 8.01. The van der Waals surface area contributed by atoms with Gasteiger partial charge in [-0.15, -0.1) is 0 Å². The summed E-state index contributed by atoms with van der Waals surface area (Å²) in [6, 6.07) is 4.18. The normalized spacial score (nSPS) is 12.3. The van der Waals surface area contributed by atoms with E-state index < -0.39 is 14.2 Å². The average Bonchev–Trinajstić information content (AvgIpc) is 2.18. The summed E-state index contributed by atoms with van der Waals surface area (Å²) in [5.41, 5.74) is 0.275. The lowest BCUT2D eigenvalue weighted by atomic mass is 10.2. The van der Waals surface area contributed by atoms with Crippen LogP contribution in [0.5, 0.6) is 0 Å². The van der Waals surface area contributed by atoms with Crippen LogP contribution in [0.2, 0.25) is 5.02 Å². The Morgan fingerprint density at radius 3 is 2.39 bits per heavy atom. The van der Waals surface area contributed by atoms with E-state index in [1.54, 1.807) is 13.8 Å². The molecule has 0 aliphatic heterocycles. The highest BCUT2D eigenvalue weighted by Crippen LogP contribution is 2.27. The third-order valence-corrected chi connectivity index (χ3v) is 3.95. The summed E-state index contributed by atoms with van der Waals surface area (Å²) in [4.78, 5) is 11.9. The number of hydrogen-bond acceptors (Lipinski definition) is 3. The molecule has 1 aromatic carbocycles. The summed E-state index contributed by atoms with van der Waals surface area (Å²) in [6.45, 7) is 3.35. The smallest absolute Gasteiger partial charge is 0.240 e. The predicted octanol–water partition coefficient (Wildman–Crippen LogP) is 2.86. The van der Waals surface area contributed by atoms with Crippen molar-refractivity contribution in [2.45, 2.75) is 23.1 Å². The summed E-state index contributed by atoms with van der Waals surface area (Å²) < 4.78 is 22.1. The predicted molar refractivity (Wildman–Crippen MR) is 76.2 cm³/mol. The highest BCUT2D eigenvalue weighted by molar-refractivity contribution is 9.10. The minimum atomic E-state index is -3.34. The Hall–Kier alpha value is -0.590. The molecule has 0 saturated heterocycles. The van der Waals surface area contributed by atoms with E-state index in [1.807, 2.05) is 0 Å². The van der Waals surface area contributed by atoms with Crippen LogP contribution < -0.4 is 5.32 Å². The van der Waals surface area contributed by atoms with Crippen molar-refractivity contribution < 1.29 is 13.2 Å². The first-order valence-electron chi connectivity index (χ1n) is 5.02. The van der Waals surface area contributed by atoms with Gasteiger partial charge in [0.25, 0.3) is 0 Å². The Morgan fingerprint density at radius 1 is 1.39 bits per heavy atom. The van der Waals surface area contributed by atoms with Crippen molar-refractivity contribution in [3.63, 3.8) is 0 Å². The Labute approximate surface area is 120 Å². The maximum Gasteiger partial charge on any atom is 0.240 e. The third kappa shape index (κ3) is 3.96. The quantitative estimate of drug-likeness (QED) is 0.849. The second-order valence-electron chi connectivity index (χ2n) is 4.34. The van der Waals surface area contributed by atoms with Gasteiger partial charge in [-0.2, -0.15) is 0 Å². The van der Waals surface area contributed by atoms with Gasteiger partial charge in [0.2, 0.25) is 5.91 Å². The van der Waals surface area contributed by atoms with Crippen LogP contribution in [0, 0.1) is 0 Å². The van der Waals surface area contributed by atoms with Crippen LogP contribution in [0.3, 0.4) is 0 Å². The van der Waals surface area contributed by atoms with Gasteiger partial charge in [-0.25, -0.2) is 8.42 Å². The minimum absolute atomic E-state index is 0.106. The van der Waals surface area contributed by atoms with Gasteiger partial charge in [-0.3, -0.25) is 4.79 Å². The van der Waals surface area contributed by atoms with Crippen molar-refractivity contribution in [2.75, 3.05) is 11.6 Å². The SMILES string of the molecule is CC(C)(Br)C(=O)Nc1cc(S(C)(=O)=O)ccc1Cl. The molecule has 18 heavy (non-hydrogen) atoms. The molecule has 0 aliphatic rings. The molecule has 0 aromatic heterocycles. The number of carbonyl (C=O) groups excluding carboxylic acids is 1. The van der Waals surface area contributed by atoms with E-state index >= 15 is 0 Å². The number of hydrogen-bond donors (Lipinski definition) is 1. The van der Waals surface area contributed by atoms with Crippen molar-refractivity contribution in [1.29, 1.82) is 0 Å². The van der Waals surface area contributed by atoms with Gasteiger partial charge < -0.3 is 5.32 Å². The largest absolute Gasteiger partial charge is 0.324 e. The highest BCUT2D eigenvalue weighted by Gasteiger charge is 2.24. The van der Waals surface area contributed by atoms with Gasteiger partial charge >= 0.3 is 0 Å². The number of rotatable bonds is 3. The molecule has 0 unspecified atom stereocenters. The third-order valence-electron chi connectivity index (χ3n) is 2.15. The fraction of sp³-hybridized carbons (Fsp3) is 0.364. The van der Waals surface area contributed by atoms with Gasteiger partial charge in [0.1, 0.15) is 0 Å². The fourth-order valence-electron chi connectivity index (χ4n) is 1.10. The molecule has 0 aliphatic carbocycles. The van der Waals surface area contributed by atoms with Crippen LogP contribution in [0.25, 0.3) is 0 Å². The van der Waals surface area contributed by atoms with Crippen LogP contribution in [0.4, 0.5) is 5.69 Å². The molecule has 100 valence electrons. The Balaban J connectivity index is 3.14. The molecule has 0 saturated carbocycles. The molecular formula is C11H13BrClNO3S. The highest BCUT2D eigenvalue weighted by atomic mass is 79.9. The maximum atomic E-state index is 11.8. The zero-order valence-electron chi connectivity index (χ0n) is 10.1. The molecule has 7 heteroatoms. The van der Waals surface area contributed by atoms with Gasteiger partial charge in [0, 0.05) is 6.26 Å². The maximum absolute atomic E-state index is 11.8. The number of halogens is 2. The number of amides is 1. The molecule has 0 radical (unpaired) electrons. The second kappa shape index (κ2) is 5.19. The van der Waals surface area contributed by atoms with Crippen LogP contribution in [0.15, 0.2) is 23.1 Å². The molecule has 1 aromatic rings. The first kappa shape index (κ1) is 15.5. The number of sulfone groups is 1. The van der Waals surface area contributed by atoms with Crippen molar-refractivity contribution in [2.24, 2.45) is 0 Å². The molecule has 0 heterocycles. The number of nitrogens with one attached hydrogen (secondary N) is 1. The van der Waals surface area contributed by atoms with Gasteiger partial charge in [0.15, 0.2) is 9.84 Å². The van der Waals surface area contributed by atoms with Crippen LogP contribution in [0.1, 0.15) is 13.8 Å². The zero-order chi connectivity index (χ0) is 14.1. The van der Waals surface area contributed by atoms with E-state index in [0.29, 0.717) is 0 Å². The van der Waals surface area contributed by atoms with Gasteiger partial charge in [-0.05, 0) is 32.0 Å². The van der Waals surface area contributed by atoms with E-state index in [9.17, 15) is 13.2 Å². The minimum Gasteiger partial charge on any atom is -0.324 e. The lowest BCUT2D eigenvalue weighted by Gasteiger charge is -2.17. The second-order valence-corrected chi connectivity index (χ2v) is 8.75. The number of carbonyl (C=O) groups is 1. The summed E-state index contributed by atoms with van der Waals surface area (Å²) >= 11 is 9.13. The molecule has 0 spiro atoms. The average molecular weight is 355 g/mol. The Kier molecular flexibility index (Phi) is 4.46. The number of anilines is 1. The molecule has 0 bridgehead atoms. The van der Waals surface area contributed by atoms with Gasteiger partial charge in [-0.1, -0.05) is 27.5 Å². The number of alkyl halides is 1. The van der Waals surface area contributed by atoms with Crippen LogP contribution in [-0.4, -0.2) is 24.9 Å². The van der Waals surface area contributed by atoms with Crippen molar-refractivity contribution in [3.05, 3.63) is 23.2 Å². The molecular weight excluding hydrogens is 342 g/mol. The molecule has 4 nitrogen and oxygen atoms in total. The van der Waals surface area contributed by atoms with E-state index in [2.05, 4.69) is 21.2 Å². The molecule has 0 fully saturated rings. The topological polar surface area (TPSA) is 63.2 Å². The lowest BCUT2D eigenvalue weighted by molar-refractivity contribution is -0.117. The van der Waals surface area contributed by atoms with Crippen molar-refractivity contribution >= 4 is 49.0 Å². The summed E-state index contributed by atoms with van der Waals surface area (Å²) in [5.74, 6) is -0.310. The first-order valence-corrected chi connectivity index (χ1v) is 8.08.